The van der Waals surface area contributed by atoms with Gasteiger partial charge in [0.05, 0.1) is 11.8 Å². The fourth-order valence-corrected chi connectivity index (χ4v) is 10.1. The maximum atomic E-state index is 13.8. The summed E-state index contributed by atoms with van der Waals surface area (Å²) in [5.41, 5.74) is 7.51. The molecule has 5 fully saturated rings. The summed E-state index contributed by atoms with van der Waals surface area (Å²) in [4.78, 5) is 28.3. The normalized spacial score (nSPS) is 32.2. The summed E-state index contributed by atoms with van der Waals surface area (Å²) in [5, 5.41) is 7.52. The summed E-state index contributed by atoms with van der Waals surface area (Å²) in [6.07, 6.45) is 9.29. The van der Waals surface area contributed by atoms with Gasteiger partial charge in [-0.2, -0.15) is 4.31 Å². The zero-order valence-corrected chi connectivity index (χ0v) is 28.0. The third-order valence-corrected chi connectivity index (χ3v) is 13.4. The minimum atomic E-state index is -3.22. The van der Waals surface area contributed by atoms with E-state index in [1.54, 1.807) is 9.21 Å². The number of carbonyl (C=O) groups excluding carboxylic acids is 2. The zero-order valence-electron chi connectivity index (χ0n) is 26.5. The molecule has 250 valence electrons. The van der Waals surface area contributed by atoms with Crippen molar-refractivity contribution in [2.45, 2.75) is 113 Å². The molecule has 2 bridgehead atoms. The van der Waals surface area contributed by atoms with E-state index in [9.17, 15) is 18.0 Å². The fraction of sp³-hybridized carbons (Fsp3) is 0.758. The highest BCUT2D eigenvalue weighted by Gasteiger charge is 2.44. The van der Waals surface area contributed by atoms with Gasteiger partial charge in [-0.1, -0.05) is 30.2 Å². The lowest BCUT2D eigenvalue weighted by Gasteiger charge is -2.39. The third-order valence-electron chi connectivity index (χ3n) is 11.2. The second-order valence-corrected chi connectivity index (χ2v) is 16.9. The Kier molecular flexibility index (Phi) is 10.0. The summed E-state index contributed by atoms with van der Waals surface area (Å²) >= 11 is 6.21. The SMILES string of the molecule is CC1(OC(=O)N2CCC(C(c3ccc(Cl)cc3)C(N)C(=O)NC3CCCC3CCC3CNC4CCCS(=O)(=O)N3C4)CC2)CC1. The molecule has 12 heteroatoms. The zero-order chi connectivity index (χ0) is 31.8. The lowest BCUT2D eigenvalue weighted by Crippen LogP contribution is -2.57. The van der Waals surface area contributed by atoms with E-state index in [4.69, 9.17) is 22.1 Å². The molecule has 0 spiro atoms. The minimum Gasteiger partial charge on any atom is -0.443 e. The highest BCUT2D eigenvalue weighted by molar-refractivity contribution is 7.89. The molecule has 3 heterocycles. The van der Waals surface area contributed by atoms with E-state index in [1.807, 2.05) is 31.2 Å². The number of fused-ring (bicyclic) bond motifs is 2. The molecule has 1 aromatic carbocycles. The molecule has 4 N–H and O–H groups in total. The number of piperidine rings is 1. The number of nitrogens with two attached hydrogens (primary N) is 1. The second kappa shape index (κ2) is 13.7. The van der Waals surface area contributed by atoms with Crippen LogP contribution in [0.2, 0.25) is 5.02 Å². The van der Waals surface area contributed by atoms with E-state index in [2.05, 4.69) is 10.6 Å². The number of sulfonamides is 1. The van der Waals surface area contributed by atoms with Crippen LogP contribution in [0.4, 0.5) is 4.79 Å². The summed E-state index contributed by atoms with van der Waals surface area (Å²) in [6, 6.07) is 7.11. The number of nitrogens with zero attached hydrogens (tertiary/aromatic N) is 2. The van der Waals surface area contributed by atoms with Crippen LogP contribution in [-0.2, 0) is 19.6 Å². The number of rotatable bonds is 9. The molecule has 6 rings (SSSR count). The van der Waals surface area contributed by atoms with Crippen molar-refractivity contribution in [3.8, 4) is 0 Å². The smallest absolute Gasteiger partial charge is 0.410 e. The van der Waals surface area contributed by atoms with Crippen LogP contribution in [0.15, 0.2) is 24.3 Å². The Morgan fingerprint density at radius 2 is 1.82 bits per heavy atom. The monoisotopic (exact) mass is 663 g/mol. The quantitative estimate of drug-likeness (QED) is 0.364. The van der Waals surface area contributed by atoms with Crippen LogP contribution in [0, 0.1) is 11.8 Å². The number of carbonyl (C=O) groups is 2. The maximum Gasteiger partial charge on any atom is 0.410 e. The lowest BCUT2D eigenvalue weighted by atomic mass is 9.75. The minimum absolute atomic E-state index is 0.0277. The molecule has 3 aliphatic heterocycles. The summed E-state index contributed by atoms with van der Waals surface area (Å²) in [5.74, 6) is 0.303. The van der Waals surface area contributed by atoms with Crippen LogP contribution in [0.3, 0.4) is 0 Å². The van der Waals surface area contributed by atoms with Gasteiger partial charge < -0.3 is 26.0 Å². The number of halogens is 1. The molecule has 2 amide bonds. The van der Waals surface area contributed by atoms with Crippen molar-refractivity contribution in [1.29, 1.82) is 0 Å². The average Bonchev–Trinajstić information content (AvgIpc) is 3.61. The van der Waals surface area contributed by atoms with Gasteiger partial charge in [-0.15, -0.1) is 0 Å². The number of hydrogen-bond donors (Lipinski definition) is 3. The van der Waals surface area contributed by atoms with Crippen molar-refractivity contribution in [2.75, 3.05) is 31.9 Å². The molecule has 7 atom stereocenters. The van der Waals surface area contributed by atoms with Crippen LogP contribution in [0.25, 0.3) is 0 Å². The van der Waals surface area contributed by atoms with Gasteiger partial charge in [-0.25, -0.2) is 13.2 Å². The highest BCUT2D eigenvalue weighted by atomic mass is 35.5. The number of piperazine rings is 1. The maximum absolute atomic E-state index is 13.8. The van der Waals surface area contributed by atoms with Crippen LogP contribution in [0.1, 0.15) is 89.0 Å². The molecule has 3 saturated heterocycles. The van der Waals surface area contributed by atoms with Crippen molar-refractivity contribution < 1.29 is 22.7 Å². The molecular weight excluding hydrogens is 614 g/mol. The molecule has 2 aliphatic carbocycles. The first-order valence-corrected chi connectivity index (χ1v) is 19.0. The number of ether oxygens (including phenoxy) is 1. The van der Waals surface area contributed by atoms with E-state index >= 15 is 0 Å². The molecule has 10 nitrogen and oxygen atoms in total. The van der Waals surface area contributed by atoms with Crippen LogP contribution in [-0.4, -0.2) is 91.3 Å². The Bertz CT molecular complexity index is 1320. The number of amides is 2. The fourth-order valence-electron chi connectivity index (χ4n) is 8.12. The van der Waals surface area contributed by atoms with Gasteiger partial charge in [-0.3, -0.25) is 4.79 Å². The van der Waals surface area contributed by atoms with Crippen LogP contribution < -0.4 is 16.4 Å². The number of benzene rings is 1. The van der Waals surface area contributed by atoms with Crippen molar-refractivity contribution >= 4 is 33.6 Å². The Morgan fingerprint density at radius 1 is 1.09 bits per heavy atom. The van der Waals surface area contributed by atoms with Crippen LogP contribution in [0.5, 0.6) is 0 Å². The predicted molar refractivity (Wildman–Crippen MR) is 174 cm³/mol. The van der Waals surface area contributed by atoms with Crippen molar-refractivity contribution in [1.82, 2.24) is 19.8 Å². The molecule has 5 aliphatic rings. The van der Waals surface area contributed by atoms with Crippen molar-refractivity contribution in [2.24, 2.45) is 17.6 Å². The molecular formula is C33H50ClN5O5S. The molecule has 2 saturated carbocycles. The number of hydrogen-bond acceptors (Lipinski definition) is 7. The Labute approximate surface area is 273 Å². The first-order chi connectivity index (χ1) is 21.5. The first-order valence-electron chi connectivity index (χ1n) is 17.0. The predicted octanol–water partition coefficient (Wildman–Crippen LogP) is 3.98. The Morgan fingerprint density at radius 3 is 2.53 bits per heavy atom. The van der Waals surface area contributed by atoms with E-state index in [1.165, 1.54) is 0 Å². The van der Waals surface area contributed by atoms with Gasteiger partial charge >= 0.3 is 6.09 Å². The van der Waals surface area contributed by atoms with Gasteiger partial charge in [0, 0.05) is 55.2 Å². The lowest BCUT2D eigenvalue weighted by molar-refractivity contribution is -0.124. The largest absolute Gasteiger partial charge is 0.443 e. The van der Waals surface area contributed by atoms with E-state index in [-0.39, 0.29) is 53.3 Å². The van der Waals surface area contributed by atoms with Gasteiger partial charge in [0.15, 0.2) is 0 Å². The van der Waals surface area contributed by atoms with Gasteiger partial charge in [-0.05, 0) is 101 Å². The van der Waals surface area contributed by atoms with Crippen LogP contribution >= 0.6 is 11.6 Å². The number of nitrogens with one attached hydrogen (secondary N) is 2. The molecule has 0 aromatic heterocycles. The molecule has 1 aromatic rings. The number of likely N-dealkylation sites (tertiary alicyclic amines) is 1. The second-order valence-electron chi connectivity index (χ2n) is 14.4. The van der Waals surface area contributed by atoms with E-state index < -0.39 is 16.1 Å². The van der Waals surface area contributed by atoms with Crippen molar-refractivity contribution in [3.63, 3.8) is 0 Å². The molecule has 7 unspecified atom stereocenters. The van der Waals surface area contributed by atoms with E-state index in [0.29, 0.717) is 43.5 Å². The highest BCUT2D eigenvalue weighted by Crippen LogP contribution is 2.41. The Balaban J connectivity index is 1.08. The third kappa shape index (κ3) is 7.80. The van der Waals surface area contributed by atoms with Gasteiger partial charge in [0.25, 0.3) is 0 Å². The van der Waals surface area contributed by atoms with Gasteiger partial charge in [0.1, 0.15) is 5.60 Å². The summed E-state index contributed by atoms with van der Waals surface area (Å²) < 4.78 is 33.3. The average molecular weight is 664 g/mol. The molecule has 0 radical (unpaired) electrons. The van der Waals surface area contributed by atoms with Gasteiger partial charge in [0.2, 0.25) is 15.9 Å². The standard InChI is InChI=1S/C33H50ClN5O5S/c1-33(15-16-33)44-32(41)38-17-13-24(14-18-38)29(23-7-10-25(34)11-8-23)30(35)31(40)37-28-6-2-4-22(28)9-12-27-20-36-26-5-3-19-45(42,43)39(27)21-26/h7-8,10-11,22,24,26-30,36H,2-6,9,12-21,35H2,1H3,(H,37,40). The summed E-state index contributed by atoms with van der Waals surface area (Å²) in [7, 11) is -3.22. The first kappa shape index (κ1) is 33.0. The van der Waals surface area contributed by atoms with Crippen molar-refractivity contribution in [3.05, 3.63) is 34.9 Å². The topological polar surface area (TPSA) is 134 Å². The summed E-state index contributed by atoms with van der Waals surface area (Å²) in [6.45, 7) is 4.38. The van der Waals surface area contributed by atoms with E-state index in [0.717, 1.165) is 69.8 Å². The Hall–Kier alpha value is -1.92. The molecule has 45 heavy (non-hydrogen) atoms.